The predicted molar refractivity (Wildman–Crippen MR) is 111 cm³/mol. The van der Waals surface area contributed by atoms with E-state index in [2.05, 4.69) is 28.2 Å². The van der Waals surface area contributed by atoms with E-state index >= 15 is 0 Å². The van der Waals surface area contributed by atoms with Crippen LogP contribution in [0, 0.1) is 12.8 Å². The summed E-state index contributed by atoms with van der Waals surface area (Å²) in [5, 5.41) is 6.03. The van der Waals surface area contributed by atoms with Gasteiger partial charge in [0.05, 0.1) is 11.4 Å². The summed E-state index contributed by atoms with van der Waals surface area (Å²) in [4.78, 5) is 23.5. The Balaban J connectivity index is 1.49. The van der Waals surface area contributed by atoms with Crippen LogP contribution in [0.2, 0.25) is 0 Å². The molecule has 0 saturated heterocycles. The largest absolute Gasteiger partial charge is 0.592 e. The lowest BCUT2D eigenvalue weighted by molar-refractivity contribution is -0.121. The minimum atomic E-state index is -1.59. The first-order valence-electron chi connectivity index (χ1n) is 9.16. The molecule has 2 aromatic heterocycles. The Morgan fingerprint density at radius 3 is 2.82 bits per heavy atom. The van der Waals surface area contributed by atoms with Gasteiger partial charge in [-0.15, -0.1) is 5.14 Å². The molecule has 28 heavy (non-hydrogen) atoms. The molecule has 0 aromatic carbocycles. The average molecular weight is 415 g/mol. The van der Waals surface area contributed by atoms with Crippen molar-refractivity contribution in [2.45, 2.75) is 36.3 Å². The van der Waals surface area contributed by atoms with Gasteiger partial charge in [0.15, 0.2) is 5.13 Å². The van der Waals surface area contributed by atoms with E-state index in [0.29, 0.717) is 15.0 Å². The third-order valence-corrected chi connectivity index (χ3v) is 7.76. The van der Waals surface area contributed by atoms with Gasteiger partial charge in [-0.3, -0.25) is 14.7 Å². The van der Waals surface area contributed by atoms with Crippen molar-refractivity contribution in [2.24, 2.45) is 11.1 Å². The monoisotopic (exact) mass is 414 g/mol. The van der Waals surface area contributed by atoms with Crippen LogP contribution in [0.1, 0.15) is 36.6 Å². The zero-order valence-electron chi connectivity index (χ0n) is 15.8. The van der Waals surface area contributed by atoms with Crippen LogP contribution in [0.4, 0.5) is 5.13 Å². The summed E-state index contributed by atoms with van der Waals surface area (Å²) in [5.74, 6) is 0.213. The number of nitrogens with two attached hydrogens (primary N) is 1. The lowest BCUT2D eigenvalue weighted by Crippen LogP contribution is -2.31. The highest BCUT2D eigenvalue weighted by Gasteiger charge is 2.35. The number of pyridine rings is 1. The number of carbonyl (C=O) groups is 1. The molecule has 4 rings (SSSR count). The molecule has 3 atom stereocenters. The second-order valence-corrected chi connectivity index (χ2v) is 9.43. The van der Waals surface area contributed by atoms with Crippen LogP contribution in [0.3, 0.4) is 0 Å². The quantitative estimate of drug-likeness (QED) is 0.775. The Kier molecular flexibility index (Phi) is 5.37. The van der Waals surface area contributed by atoms with E-state index in [1.54, 1.807) is 18.9 Å². The van der Waals surface area contributed by atoms with E-state index in [-0.39, 0.29) is 17.7 Å². The number of amides is 1. The number of fused-ring (bicyclic) bond motifs is 1. The van der Waals surface area contributed by atoms with E-state index in [1.807, 2.05) is 18.3 Å². The molecule has 2 aliphatic carbocycles. The number of hydrogen-bond donors (Lipinski definition) is 1. The summed E-state index contributed by atoms with van der Waals surface area (Å²) < 4.78 is 12.1. The van der Waals surface area contributed by atoms with Crippen molar-refractivity contribution in [3.05, 3.63) is 59.1 Å². The van der Waals surface area contributed by atoms with Gasteiger partial charge in [0, 0.05) is 30.8 Å². The number of aryl methyl sites for hydroxylation is 1. The first kappa shape index (κ1) is 19.3. The molecule has 0 aliphatic heterocycles. The van der Waals surface area contributed by atoms with E-state index in [9.17, 15) is 9.35 Å². The van der Waals surface area contributed by atoms with Crippen LogP contribution >= 0.6 is 11.3 Å². The van der Waals surface area contributed by atoms with Crippen LogP contribution in [0.5, 0.6) is 0 Å². The molecule has 2 unspecified atom stereocenters. The molecular formula is C20H22N4O2S2. The van der Waals surface area contributed by atoms with Gasteiger partial charge >= 0.3 is 0 Å². The summed E-state index contributed by atoms with van der Waals surface area (Å²) in [6.07, 6.45) is 8.76. The Morgan fingerprint density at radius 2 is 2.14 bits per heavy atom. The maximum absolute atomic E-state index is 13.0. The van der Waals surface area contributed by atoms with E-state index in [1.165, 1.54) is 22.5 Å². The molecule has 1 saturated carbocycles. The van der Waals surface area contributed by atoms with Crippen LogP contribution in [0.15, 0.2) is 51.9 Å². The first-order valence-corrected chi connectivity index (χ1v) is 11.2. The normalized spacial score (nSPS) is 22.3. The first-order chi connectivity index (χ1) is 13.4. The van der Waals surface area contributed by atoms with E-state index in [0.717, 1.165) is 25.0 Å². The second kappa shape index (κ2) is 7.79. The number of thiazole rings is 1. The molecule has 2 aromatic rings. The van der Waals surface area contributed by atoms with Gasteiger partial charge in [0.2, 0.25) is 5.91 Å². The van der Waals surface area contributed by atoms with Crippen LogP contribution in [0.25, 0.3) is 0 Å². The van der Waals surface area contributed by atoms with Gasteiger partial charge < -0.3 is 4.55 Å². The van der Waals surface area contributed by atoms with Crippen molar-refractivity contribution in [1.82, 2.24) is 9.97 Å². The zero-order valence-corrected chi connectivity index (χ0v) is 17.4. The molecule has 2 heterocycles. The fourth-order valence-corrected chi connectivity index (χ4v) is 5.54. The van der Waals surface area contributed by atoms with Gasteiger partial charge in [0.25, 0.3) is 4.21 Å². The van der Waals surface area contributed by atoms with Crippen LogP contribution < -0.4 is 10.0 Å². The van der Waals surface area contributed by atoms with Crippen molar-refractivity contribution in [3.63, 3.8) is 0 Å². The van der Waals surface area contributed by atoms with E-state index in [4.69, 9.17) is 5.14 Å². The molecule has 2 N–H and O–H groups in total. The number of aromatic nitrogens is 2. The molecule has 0 spiro atoms. The fourth-order valence-electron chi connectivity index (χ4n) is 3.88. The average Bonchev–Trinajstić information content (AvgIpc) is 3.30. The summed E-state index contributed by atoms with van der Waals surface area (Å²) in [7, 11) is 1.73. The predicted octanol–water partition coefficient (Wildman–Crippen LogP) is 3.24. The minimum Gasteiger partial charge on any atom is -0.592 e. The number of anilines is 1. The standard InChI is InChI=1S/C20H22N4O2S2/c1-12-19(28(21)26)27-20(23-12)24(2)18(25)16-9-13-6-7-14(10-15(13)11-16)17-5-3-4-8-22-17/h3-6,8,10,14,16H,7,9,11,21H2,1-2H3/t14?,16-,28?/m1/s1. The molecule has 2 aliphatic rings. The number of allylic oxidation sites excluding steroid dienone is 4. The van der Waals surface area contributed by atoms with Gasteiger partial charge in [0.1, 0.15) is 5.69 Å². The Morgan fingerprint density at radius 1 is 1.36 bits per heavy atom. The highest BCUT2D eigenvalue weighted by Crippen LogP contribution is 2.43. The van der Waals surface area contributed by atoms with Crippen LogP contribution in [-0.4, -0.2) is 27.5 Å². The lowest BCUT2D eigenvalue weighted by atomic mass is 9.90. The van der Waals surface area contributed by atoms with Crippen molar-refractivity contribution < 1.29 is 9.35 Å². The van der Waals surface area contributed by atoms with Gasteiger partial charge in [-0.1, -0.05) is 18.2 Å². The topological polar surface area (TPSA) is 95.2 Å². The third-order valence-electron chi connectivity index (χ3n) is 5.33. The Labute approximate surface area is 171 Å². The zero-order chi connectivity index (χ0) is 19.8. The Hall–Kier alpha value is -2.00. The van der Waals surface area contributed by atoms with Crippen molar-refractivity contribution >= 4 is 33.7 Å². The van der Waals surface area contributed by atoms with Gasteiger partial charge in [-0.25, -0.2) is 4.98 Å². The fraction of sp³-hybridized carbons (Fsp3) is 0.350. The second-order valence-electron chi connectivity index (χ2n) is 7.19. The van der Waals surface area contributed by atoms with Crippen LogP contribution in [-0.2, 0) is 16.2 Å². The number of rotatable bonds is 4. The summed E-state index contributed by atoms with van der Waals surface area (Å²) >= 11 is -0.369. The molecule has 6 nitrogen and oxygen atoms in total. The van der Waals surface area contributed by atoms with Gasteiger partial charge in [-0.2, -0.15) is 0 Å². The van der Waals surface area contributed by atoms with E-state index < -0.39 is 11.4 Å². The SMILES string of the molecule is Cc1nc(N(C)C(=O)[C@@H]2CC3=CCC(c4ccccn4)C=C3C2)sc1[S+](N)[O-]. The van der Waals surface area contributed by atoms with Crippen molar-refractivity contribution in [1.29, 1.82) is 0 Å². The molecule has 1 amide bonds. The minimum absolute atomic E-state index is 0.0358. The summed E-state index contributed by atoms with van der Waals surface area (Å²) in [6.45, 7) is 1.76. The van der Waals surface area contributed by atoms with Gasteiger partial charge in [-0.05, 0) is 60.8 Å². The molecule has 8 heteroatoms. The Bertz CT molecular complexity index is 952. The summed E-state index contributed by atoms with van der Waals surface area (Å²) in [5.41, 5.74) is 4.22. The smallest absolute Gasteiger partial charge is 0.252 e. The highest BCUT2D eigenvalue weighted by molar-refractivity contribution is 7.91. The highest BCUT2D eigenvalue weighted by atomic mass is 32.2. The molecular weight excluding hydrogens is 392 g/mol. The summed E-state index contributed by atoms with van der Waals surface area (Å²) in [6, 6.07) is 5.98. The maximum atomic E-state index is 13.0. The van der Waals surface area contributed by atoms with Crippen molar-refractivity contribution in [2.75, 3.05) is 11.9 Å². The molecule has 0 radical (unpaired) electrons. The molecule has 146 valence electrons. The van der Waals surface area contributed by atoms with Crippen molar-refractivity contribution in [3.8, 4) is 0 Å². The maximum Gasteiger partial charge on any atom is 0.252 e. The number of nitrogens with zero attached hydrogens (tertiary/aromatic N) is 3. The molecule has 0 bridgehead atoms. The molecule has 1 fully saturated rings. The number of carbonyl (C=O) groups excluding carboxylic acids is 1. The number of hydrogen-bond acceptors (Lipinski definition) is 6. The lowest BCUT2D eigenvalue weighted by Gasteiger charge is -2.17. The third kappa shape index (κ3) is 3.65.